The summed E-state index contributed by atoms with van der Waals surface area (Å²) in [5, 5.41) is 4.31. The predicted octanol–water partition coefficient (Wildman–Crippen LogP) is 2.54. The Morgan fingerprint density at radius 1 is 1.62 bits per heavy atom. The van der Waals surface area contributed by atoms with Gasteiger partial charge < -0.3 is 0 Å². The third-order valence-electron chi connectivity index (χ3n) is 2.39. The largest absolute Gasteiger partial charge is 0.272 e. The van der Waals surface area contributed by atoms with Crippen molar-refractivity contribution in [2.45, 2.75) is 26.7 Å². The highest BCUT2D eigenvalue weighted by Gasteiger charge is 2.09. The van der Waals surface area contributed by atoms with Gasteiger partial charge in [0.1, 0.15) is 0 Å². The van der Waals surface area contributed by atoms with Gasteiger partial charge in [-0.25, -0.2) is 0 Å². The molecule has 1 atom stereocenters. The Labute approximate surface area is 84.9 Å². The first kappa shape index (κ1) is 10.6. The molecule has 2 nitrogen and oxygen atoms in total. The van der Waals surface area contributed by atoms with Crippen molar-refractivity contribution in [3.8, 4) is 0 Å². The standard InChI is InChI=1S/C10H17ClN2/c1-4-9(7-11)6-10-5-8(2)12-13(10)3/h5,9H,4,6-7H2,1-3H3. The molecule has 13 heavy (non-hydrogen) atoms. The minimum absolute atomic E-state index is 0.580. The summed E-state index contributed by atoms with van der Waals surface area (Å²) in [5.74, 6) is 1.32. The number of aryl methyl sites for hydroxylation is 2. The molecule has 1 heterocycles. The Morgan fingerprint density at radius 2 is 2.31 bits per heavy atom. The van der Waals surface area contributed by atoms with Gasteiger partial charge in [0, 0.05) is 18.6 Å². The average molecular weight is 201 g/mol. The molecule has 0 aliphatic carbocycles. The van der Waals surface area contributed by atoms with Gasteiger partial charge in [-0.2, -0.15) is 5.10 Å². The Kier molecular flexibility index (Phi) is 3.79. The maximum atomic E-state index is 5.85. The van der Waals surface area contributed by atoms with Gasteiger partial charge in [0.2, 0.25) is 0 Å². The first-order valence-corrected chi connectivity index (χ1v) is 5.26. The average Bonchev–Trinajstić information content (AvgIpc) is 2.41. The zero-order valence-electron chi connectivity index (χ0n) is 8.55. The van der Waals surface area contributed by atoms with E-state index in [9.17, 15) is 0 Å². The van der Waals surface area contributed by atoms with E-state index in [4.69, 9.17) is 11.6 Å². The molecule has 1 aromatic heterocycles. The van der Waals surface area contributed by atoms with Crippen molar-refractivity contribution in [2.24, 2.45) is 13.0 Å². The highest BCUT2D eigenvalue weighted by molar-refractivity contribution is 6.18. The van der Waals surface area contributed by atoms with E-state index in [1.54, 1.807) is 0 Å². The van der Waals surface area contributed by atoms with Crippen molar-refractivity contribution in [1.29, 1.82) is 0 Å². The van der Waals surface area contributed by atoms with Gasteiger partial charge in [-0.1, -0.05) is 13.3 Å². The first-order chi connectivity index (χ1) is 6.17. The summed E-state index contributed by atoms with van der Waals surface area (Å²) >= 11 is 5.85. The van der Waals surface area contributed by atoms with Crippen LogP contribution in [0.2, 0.25) is 0 Å². The molecule has 0 fully saturated rings. The van der Waals surface area contributed by atoms with Gasteiger partial charge in [-0.05, 0) is 25.3 Å². The first-order valence-electron chi connectivity index (χ1n) is 4.72. The van der Waals surface area contributed by atoms with E-state index in [2.05, 4.69) is 18.1 Å². The van der Waals surface area contributed by atoms with Crippen LogP contribution in [0.1, 0.15) is 24.7 Å². The van der Waals surface area contributed by atoms with Crippen molar-refractivity contribution in [1.82, 2.24) is 9.78 Å². The van der Waals surface area contributed by atoms with E-state index < -0.39 is 0 Å². The summed E-state index contributed by atoms with van der Waals surface area (Å²) in [7, 11) is 1.99. The summed E-state index contributed by atoms with van der Waals surface area (Å²) in [4.78, 5) is 0. The van der Waals surface area contributed by atoms with E-state index in [1.807, 2.05) is 18.7 Å². The molecule has 0 aliphatic rings. The van der Waals surface area contributed by atoms with Crippen molar-refractivity contribution in [3.63, 3.8) is 0 Å². The third-order valence-corrected chi connectivity index (χ3v) is 2.83. The monoisotopic (exact) mass is 200 g/mol. The predicted molar refractivity (Wildman–Crippen MR) is 56.2 cm³/mol. The number of hydrogen-bond acceptors (Lipinski definition) is 1. The summed E-state index contributed by atoms with van der Waals surface area (Å²) in [5.41, 5.74) is 2.37. The van der Waals surface area contributed by atoms with Crippen LogP contribution in [0.25, 0.3) is 0 Å². The van der Waals surface area contributed by atoms with Crippen LogP contribution in [0.5, 0.6) is 0 Å². The second-order valence-corrected chi connectivity index (χ2v) is 3.84. The molecule has 1 unspecified atom stereocenters. The molecule has 0 bridgehead atoms. The van der Waals surface area contributed by atoms with Crippen LogP contribution in [0, 0.1) is 12.8 Å². The zero-order valence-corrected chi connectivity index (χ0v) is 9.30. The second kappa shape index (κ2) is 4.66. The molecule has 1 aromatic rings. The number of rotatable bonds is 4. The van der Waals surface area contributed by atoms with Crippen LogP contribution in [-0.2, 0) is 13.5 Å². The van der Waals surface area contributed by atoms with Gasteiger partial charge in [-0.15, -0.1) is 11.6 Å². The molecule has 0 N–H and O–H groups in total. The molecule has 3 heteroatoms. The summed E-state index contributed by atoms with van der Waals surface area (Å²) < 4.78 is 1.95. The van der Waals surface area contributed by atoms with Crippen LogP contribution in [0.3, 0.4) is 0 Å². The maximum absolute atomic E-state index is 5.85. The van der Waals surface area contributed by atoms with Gasteiger partial charge in [-0.3, -0.25) is 4.68 Å². The molecule has 0 saturated carbocycles. The molecule has 0 aliphatic heterocycles. The minimum atomic E-state index is 0.580. The molecule has 0 aromatic carbocycles. The van der Waals surface area contributed by atoms with Crippen LogP contribution in [0.15, 0.2) is 6.07 Å². The lowest BCUT2D eigenvalue weighted by molar-refractivity contribution is 0.538. The van der Waals surface area contributed by atoms with Crippen molar-refractivity contribution in [2.75, 3.05) is 5.88 Å². The SMILES string of the molecule is CCC(CCl)Cc1cc(C)nn1C. The summed E-state index contributed by atoms with van der Waals surface area (Å²) in [6.45, 7) is 4.20. The van der Waals surface area contributed by atoms with Gasteiger partial charge in [0.15, 0.2) is 0 Å². The third kappa shape index (κ3) is 2.73. The fraction of sp³-hybridized carbons (Fsp3) is 0.700. The Hall–Kier alpha value is -0.500. The van der Waals surface area contributed by atoms with Gasteiger partial charge >= 0.3 is 0 Å². The van der Waals surface area contributed by atoms with Crippen molar-refractivity contribution < 1.29 is 0 Å². The molecular formula is C10H17ClN2. The molecule has 74 valence electrons. The van der Waals surface area contributed by atoms with E-state index in [-0.39, 0.29) is 0 Å². The molecule has 0 radical (unpaired) electrons. The van der Waals surface area contributed by atoms with Crippen molar-refractivity contribution >= 4 is 11.6 Å². The molecule has 1 rings (SSSR count). The fourth-order valence-electron chi connectivity index (χ4n) is 1.46. The molecule has 0 amide bonds. The lowest BCUT2D eigenvalue weighted by Gasteiger charge is -2.10. The van der Waals surface area contributed by atoms with Crippen LogP contribution < -0.4 is 0 Å². The lowest BCUT2D eigenvalue weighted by atomic mass is 10.0. The zero-order chi connectivity index (χ0) is 9.84. The van der Waals surface area contributed by atoms with Gasteiger partial charge in [0.05, 0.1) is 5.69 Å². The Morgan fingerprint density at radius 3 is 2.69 bits per heavy atom. The summed E-state index contributed by atoms with van der Waals surface area (Å²) in [6.07, 6.45) is 2.17. The number of aromatic nitrogens is 2. The van der Waals surface area contributed by atoms with Crippen LogP contribution >= 0.6 is 11.6 Å². The number of alkyl halides is 1. The topological polar surface area (TPSA) is 17.8 Å². The Bertz CT molecular complexity index is 264. The molecule has 0 saturated heterocycles. The molecule has 0 spiro atoms. The normalized spacial score (nSPS) is 13.2. The number of hydrogen-bond donors (Lipinski definition) is 0. The van der Waals surface area contributed by atoms with E-state index >= 15 is 0 Å². The fourth-order valence-corrected chi connectivity index (χ4v) is 1.79. The number of halogens is 1. The van der Waals surface area contributed by atoms with Crippen LogP contribution in [0.4, 0.5) is 0 Å². The van der Waals surface area contributed by atoms with Crippen molar-refractivity contribution in [3.05, 3.63) is 17.5 Å². The second-order valence-electron chi connectivity index (χ2n) is 3.53. The lowest BCUT2D eigenvalue weighted by Crippen LogP contribution is -2.08. The van der Waals surface area contributed by atoms with Gasteiger partial charge in [0.25, 0.3) is 0 Å². The highest BCUT2D eigenvalue weighted by Crippen LogP contribution is 2.13. The number of nitrogens with zero attached hydrogens (tertiary/aromatic N) is 2. The quantitative estimate of drug-likeness (QED) is 0.684. The highest BCUT2D eigenvalue weighted by atomic mass is 35.5. The summed E-state index contributed by atoms with van der Waals surface area (Å²) in [6, 6.07) is 2.13. The van der Waals surface area contributed by atoms with E-state index in [0.717, 1.165) is 24.4 Å². The van der Waals surface area contributed by atoms with E-state index in [1.165, 1.54) is 5.69 Å². The van der Waals surface area contributed by atoms with Crippen LogP contribution in [-0.4, -0.2) is 15.7 Å². The Balaban J connectivity index is 2.67. The smallest absolute Gasteiger partial charge is 0.0596 e. The minimum Gasteiger partial charge on any atom is -0.272 e. The maximum Gasteiger partial charge on any atom is 0.0596 e. The molecular weight excluding hydrogens is 184 g/mol. The van der Waals surface area contributed by atoms with E-state index in [0.29, 0.717) is 5.92 Å².